The molecule has 0 spiro atoms. The number of benzene rings is 1. The number of hydrogen-bond donors (Lipinski definition) is 2. The first kappa shape index (κ1) is 13.9. The van der Waals surface area contributed by atoms with Gasteiger partial charge >= 0.3 is 0 Å². The van der Waals surface area contributed by atoms with Crippen molar-refractivity contribution in [3.63, 3.8) is 0 Å². The van der Waals surface area contributed by atoms with Crippen LogP contribution < -0.4 is 10.6 Å². The van der Waals surface area contributed by atoms with Crippen molar-refractivity contribution < 1.29 is 4.79 Å². The van der Waals surface area contributed by atoms with Crippen molar-refractivity contribution in [3.8, 4) is 0 Å². The Morgan fingerprint density at radius 1 is 1.41 bits per heavy atom. The molecule has 0 atom stereocenters. The molecule has 1 amide bonds. The quantitative estimate of drug-likeness (QED) is 0.844. The van der Waals surface area contributed by atoms with Gasteiger partial charge in [-0.3, -0.25) is 4.79 Å². The molecule has 2 N–H and O–H groups in total. The van der Waals surface area contributed by atoms with E-state index in [1.54, 1.807) is 0 Å². The van der Waals surface area contributed by atoms with E-state index in [1.165, 1.54) is 0 Å². The van der Waals surface area contributed by atoms with Gasteiger partial charge in [-0.15, -0.1) is 0 Å². The van der Waals surface area contributed by atoms with E-state index in [2.05, 4.69) is 33.1 Å². The van der Waals surface area contributed by atoms with Crippen LogP contribution in [0.4, 0.5) is 0 Å². The lowest BCUT2D eigenvalue weighted by Crippen LogP contribution is -2.26. The smallest absolute Gasteiger partial charge is 0.251 e. The molecule has 0 aliphatic carbocycles. The highest BCUT2D eigenvalue weighted by Gasteiger charge is 2.09. The Hall–Kier alpha value is -1.13. The van der Waals surface area contributed by atoms with Gasteiger partial charge in [-0.2, -0.15) is 0 Å². The van der Waals surface area contributed by atoms with Gasteiger partial charge in [0.25, 0.3) is 5.91 Å². The fourth-order valence-electron chi connectivity index (χ4n) is 1.49. The molecule has 0 saturated heterocycles. The average Bonchev–Trinajstić information content (AvgIpc) is 2.33. The molecular weight excluding hydrogens is 280 g/mol. The van der Waals surface area contributed by atoms with Gasteiger partial charge in [-0.25, -0.2) is 0 Å². The highest BCUT2D eigenvalue weighted by atomic mass is 79.9. The number of halogens is 1. The molecule has 3 nitrogen and oxygen atoms in total. The number of likely N-dealkylation sites (N-methyl/N-ethyl adjacent to an activating group) is 1. The lowest BCUT2D eigenvalue weighted by Gasteiger charge is -2.09. The second-order valence-electron chi connectivity index (χ2n) is 3.71. The maximum atomic E-state index is 11.9. The Bertz CT molecular complexity index is 404. The first-order valence-corrected chi connectivity index (χ1v) is 6.28. The average molecular weight is 297 g/mol. The van der Waals surface area contributed by atoms with Crippen LogP contribution >= 0.6 is 15.9 Å². The molecule has 92 valence electrons. The normalized spacial score (nSPS) is 10.0. The van der Waals surface area contributed by atoms with Crippen LogP contribution in [0, 0.1) is 0 Å². The highest BCUT2D eigenvalue weighted by molar-refractivity contribution is 9.11. The molecule has 0 heterocycles. The Balaban J connectivity index is 2.74. The summed E-state index contributed by atoms with van der Waals surface area (Å²) < 4.78 is 0.763. The van der Waals surface area contributed by atoms with E-state index in [0.29, 0.717) is 6.54 Å². The first-order valence-electron chi connectivity index (χ1n) is 5.49. The second kappa shape index (κ2) is 7.25. The molecule has 0 saturated carbocycles. The third-order valence-corrected chi connectivity index (χ3v) is 2.63. The molecule has 0 bridgehead atoms. The van der Waals surface area contributed by atoms with E-state index < -0.39 is 0 Å². The summed E-state index contributed by atoms with van der Waals surface area (Å²) in [5.41, 5.74) is 1.79. The number of hydrogen-bond acceptors (Lipinski definition) is 2. The van der Waals surface area contributed by atoms with Crippen LogP contribution in [0.5, 0.6) is 0 Å². The topological polar surface area (TPSA) is 41.1 Å². The third-order valence-electron chi connectivity index (χ3n) is 2.35. The molecule has 4 heteroatoms. The lowest BCUT2D eigenvalue weighted by atomic mass is 10.0. The van der Waals surface area contributed by atoms with Crippen molar-refractivity contribution >= 4 is 21.8 Å². The maximum Gasteiger partial charge on any atom is 0.251 e. The van der Waals surface area contributed by atoms with Crippen LogP contribution in [0.1, 0.15) is 15.9 Å². The number of amides is 1. The Morgan fingerprint density at radius 3 is 2.76 bits per heavy atom. The van der Waals surface area contributed by atoms with Gasteiger partial charge < -0.3 is 10.6 Å². The minimum Gasteiger partial charge on any atom is -0.347 e. The zero-order chi connectivity index (χ0) is 12.7. The van der Waals surface area contributed by atoms with E-state index in [9.17, 15) is 4.79 Å². The molecule has 1 rings (SSSR count). The number of nitrogens with one attached hydrogen (secondary N) is 2. The van der Waals surface area contributed by atoms with Crippen LogP contribution in [0.25, 0.3) is 0 Å². The Morgan fingerprint density at radius 2 is 2.12 bits per heavy atom. The lowest BCUT2D eigenvalue weighted by molar-refractivity contribution is 0.0957. The second-order valence-corrected chi connectivity index (χ2v) is 4.83. The summed E-state index contributed by atoms with van der Waals surface area (Å²) in [6.07, 6.45) is 0.843. The summed E-state index contributed by atoms with van der Waals surface area (Å²) in [5.74, 6) is -0.0581. The summed E-state index contributed by atoms with van der Waals surface area (Å²) in [4.78, 5) is 11.9. The maximum absolute atomic E-state index is 11.9. The van der Waals surface area contributed by atoms with Crippen molar-refractivity contribution in [1.82, 2.24) is 10.6 Å². The highest BCUT2D eigenvalue weighted by Crippen LogP contribution is 2.09. The summed E-state index contributed by atoms with van der Waals surface area (Å²) in [6.45, 7) is 4.98. The zero-order valence-electron chi connectivity index (χ0n) is 9.92. The van der Waals surface area contributed by atoms with Crippen LogP contribution in [0.2, 0.25) is 0 Å². The summed E-state index contributed by atoms with van der Waals surface area (Å²) in [7, 11) is 1.90. The van der Waals surface area contributed by atoms with Gasteiger partial charge in [0.1, 0.15) is 0 Å². The van der Waals surface area contributed by atoms with E-state index >= 15 is 0 Å². The minimum absolute atomic E-state index is 0.0581. The molecular formula is C13H17BrN2O. The first-order chi connectivity index (χ1) is 8.15. The summed E-state index contributed by atoms with van der Waals surface area (Å²) in [5, 5.41) is 5.89. The largest absolute Gasteiger partial charge is 0.347 e. The van der Waals surface area contributed by atoms with Gasteiger partial charge in [0.2, 0.25) is 0 Å². The van der Waals surface area contributed by atoms with Crippen LogP contribution in [-0.4, -0.2) is 26.0 Å². The fraction of sp³-hybridized carbons (Fsp3) is 0.308. The number of rotatable bonds is 6. The van der Waals surface area contributed by atoms with Gasteiger partial charge in [-0.1, -0.05) is 40.7 Å². The van der Waals surface area contributed by atoms with E-state index in [0.717, 1.165) is 28.6 Å². The molecule has 0 radical (unpaired) electrons. The predicted octanol–water partition coefficient (Wildman–Crippen LogP) is 2.09. The molecule has 17 heavy (non-hydrogen) atoms. The summed E-state index contributed by atoms with van der Waals surface area (Å²) in [6, 6.07) is 7.65. The molecule has 1 aromatic rings. The van der Waals surface area contributed by atoms with Gasteiger partial charge in [-0.05, 0) is 31.6 Å². The molecule has 0 fully saturated rings. The molecule has 1 aromatic carbocycles. The number of carbonyl (C=O) groups excluding carboxylic acids is 1. The van der Waals surface area contributed by atoms with Crippen LogP contribution in [-0.2, 0) is 6.42 Å². The van der Waals surface area contributed by atoms with Crippen molar-refractivity contribution in [1.29, 1.82) is 0 Å². The van der Waals surface area contributed by atoms with Crippen LogP contribution in [0.3, 0.4) is 0 Å². The summed E-state index contributed by atoms with van der Waals surface area (Å²) >= 11 is 3.22. The molecule has 0 unspecified atom stereocenters. The van der Waals surface area contributed by atoms with E-state index in [4.69, 9.17) is 0 Å². The molecule has 0 aliphatic rings. The van der Waals surface area contributed by atoms with Crippen molar-refractivity contribution in [2.45, 2.75) is 6.42 Å². The standard InChI is InChI=1S/C13H17BrN2O/c1-10(14)9-16-13(17)12-6-4-3-5-11(12)7-8-15-2/h3-6,15H,1,7-9H2,2H3,(H,16,17). The SMILES string of the molecule is C=C(Br)CNC(=O)c1ccccc1CCNC. The predicted molar refractivity (Wildman–Crippen MR) is 74.5 cm³/mol. The van der Waals surface area contributed by atoms with Crippen molar-refractivity contribution in [3.05, 3.63) is 46.5 Å². The Labute approximate surface area is 110 Å². The van der Waals surface area contributed by atoms with Crippen LogP contribution in [0.15, 0.2) is 35.3 Å². The van der Waals surface area contributed by atoms with Crippen molar-refractivity contribution in [2.75, 3.05) is 20.1 Å². The molecule has 0 aromatic heterocycles. The number of carbonyl (C=O) groups is 1. The van der Waals surface area contributed by atoms with Gasteiger partial charge in [0.05, 0.1) is 0 Å². The zero-order valence-corrected chi connectivity index (χ0v) is 11.5. The monoisotopic (exact) mass is 296 g/mol. The third kappa shape index (κ3) is 4.71. The Kier molecular flexibility index (Phi) is 5.94. The van der Waals surface area contributed by atoms with E-state index in [-0.39, 0.29) is 5.91 Å². The van der Waals surface area contributed by atoms with Crippen molar-refractivity contribution in [2.24, 2.45) is 0 Å². The van der Waals surface area contributed by atoms with E-state index in [1.807, 2.05) is 31.3 Å². The fourth-order valence-corrected chi connectivity index (χ4v) is 1.63. The minimum atomic E-state index is -0.0581. The van der Waals surface area contributed by atoms with Gasteiger partial charge in [0, 0.05) is 16.6 Å². The van der Waals surface area contributed by atoms with Gasteiger partial charge in [0.15, 0.2) is 0 Å². The molecule has 0 aliphatic heterocycles.